The normalized spacial score (nSPS) is 11.2. The van der Waals surface area contributed by atoms with E-state index in [1.165, 1.54) is 12.8 Å². The Labute approximate surface area is 105 Å². The summed E-state index contributed by atoms with van der Waals surface area (Å²) in [6.45, 7) is 4.29. The van der Waals surface area contributed by atoms with Gasteiger partial charge >= 0.3 is 8.80 Å². The first-order valence-electron chi connectivity index (χ1n) is 5.60. The van der Waals surface area contributed by atoms with Crippen LogP contribution in [-0.2, 0) is 13.3 Å². The van der Waals surface area contributed by atoms with E-state index in [0.717, 1.165) is 25.6 Å². The molecule has 0 atom stereocenters. The first kappa shape index (κ1) is 18.6. The van der Waals surface area contributed by atoms with Crippen LogP contribution in [0.4, 0.5) is 0 Å². The van der Waals surface area contributed by atoms with E-state index in [2.05, 4.69) is 12.2 Å². The molecule has 0 unspecified atom stereocenters. The van der Waals surface area contributed by atoms with Gasteiger partial charge in [-0.15, -0.1) is 0 Å². The molecule has 0 spiro atoms. The van der Waals surface area contributed by atoms with Gasteiger partial charge in [0.2, 0.25) is 0 Å². The molecule has 0 aromatic heterocycles. The molecule has 0 rings (SSSR count). The first-order chi connectivity index (χ1) is 7.24. The van der Waals surface area contributed by atoms with Crippen molar-refractivity contribution in [3.8, 4) is 0 Å². The van der Waals surface area contributed by atoms with Crippen molar-refractivity contribution in [1.82, 2.24) is 5.32 Å². The van der Waals surface area contributed by atoms with Crippen LogP contribution >= 0.6 is 0 Å². The Kier molecular flexibility index (Phi) is 13.7. The fourth-order valence-electron chi connectivity index (χ4n) is 1.41. The third-order valence-electron chi connectivity index (χ3n) is 2.48. The zero-order chi connectivity index (χ0) is 11.6. The minimum Gasteiger partial charge on any atom is -0.377 e. The summed E-state index contributed by atoms with van der Waals surface area (Å²) in [6.07, 6.45) is 3.51. The topological polar surface area (TPSA) is 39.7 Å². The van der Waals surface area contributed by atoms with E-state index in [9.17, 15) is 0 Å². The minimum absolute atomic E-state index is 0. The Morgan fingerprint density at radius 3 is 1.88 bits per heavy atom. The van der Waals surface area contributed by atoms with Gasteiger partial charge in [-0.1, -0.05) is 13.3 Å². The lowest BCUT2D eigenvalue weighted by Crippen LogP contribution is -2.43. The fourth-order valence-corrected chi connectivity index (χ4v) is 3.14. The lowest BCUT2D eigenvalue weighted by atomic mass is 10.3. The summed E-state index contributed by atoms with van der Waals surface area (Å²) in [7, 11) is 2.64. The molecular weight excluding hydrogens is 238 g/mol. The maximum atomic E-state index is 5.33. The van der Waals surface area contributed by atoms with E-state index >= 15 is 0 Å². The molecule has 0 amide bonds. The Morgan fingerprint density at radius 2 is 1.44 bits per heavy atom. The zero-order valence-corrected chi connectivity index (χ0v) is 11.5. The van der Waals surface area contributed by atoms with Gasteiger partial charge in [0.1, 0.15) is 0 Å². The van der Waals surface area contributed by atoms with Crippen LogP contribution in [0.1, 0.15) is 26.2 Å². The van der Waals surface area contributed by atoms with Crippen LogP contribution in [0.5, 0.6) is 0 Å². The van der Waals surface area contributed by atoms with Crippen molar-refractivity contribution in [3.63, 3.8) is 0 Å². The van der Waals surface area contributed by atoms with Gasteiger partial charge in [0.15, 0.2) is 0 Å². The molecule has 0 fully saturated rings. The Morgan fingerprint density at radius 1 is 0.938 bits per heavy atom. The largest absolute Gasteiger partial charge is 0.500 e. The van der Waals surface area contributed by atoms with Crippen molar-refractivity contribution in [1.29, 1.82) is 0 Å². The minimum atomic E-state index is -2.33. The standard InChI is InChI=1S/C10H25NO3Si.H4Si/c1-5-6-8-11-9-7-10-15(12-2,13-3)14-4;/h11H,5-10H2,1-4H3;1H4. The summed E-state index contributed by atoms with van der Waals surface area (Å²) in [5.74, 6) is 0. The Hall–Kier alpha value is 0.274. The molecule has 6 heteroatoms. The highest BCUT2D eigenvalue weighted by Gasteiger charge is 2.36. The summed E-state index contributed by atoms with van der Waals surface area (Å²) >= 11 is 0. The van der Waals surface area contributed by atoms with Crippen molar-refractivity contribution < 1.29 is 13.3 Å². The highest BCUT2D eigenvalue weighted by atomic mass is 28.4. The molecule has 0 aliphatic rings. The van der Waals surface area contributed by atoms with E-state index in [-0.39, 0.29) is 11.0 Å². The SMILES string of the molecule is CCCCNCCC[Si](OC)(OC)OC.[SiH4]. The monoisotopic (exact) mass is 267 g/mol. The molecule has 16 heavy (non-hydrogen) atoms. The number of nitrogens with one attached hydrogen (secondary N) is 1. The lowest BCUT2D eigenvalue weighted by Gasteiger charge is -2.24. The predicted molar refractivity (Wildman–Crippen MR) is 75.3 cm³/mol. The zero-order valence-electron chi connectivity index (χ0n) is 10.5. The maximum Gasteiger partial charge on any atom is 0.500 e. The van der Waals surface area contributed by atoms with Crippen LogP contribution in [0.3, 0.4) is 0 Å². The van der Waals surface area contributed by atoms with Gasteiger partial charge in [-0.3, -0.25) is 0 Å². The van der Waals surface area contributed by atoms with Crippen molar-refractivity contribution in [2.45, 2.75) is 32.2 Å². The van der Waals surface area contributed by atoms with Crippen molar-refractivity contribution in [2.75, 3.05) is 34.4 Å². The number of hydrogen-bond donors (Lipinski definition) is 1. The molecule has 0 saturated heterocycles. The lowest BCUT2D eigenvalue weighted by molar-refractivity contribution is 0.123. The van der Waals surface area contributed by atoms with Crippen LogP contribution in [-0.4, -0.2) is 54.2 Å². The maximum absolute atomic E-state index is 5.33. The molecule has 0 aliphatic carbocycles. The Bertz CT molecular complexity index is 138. The molecule has 0 aromatic rings. The summed E-state index contributed by atoms with van der Waals surface area (Å²) < 4.78 is 16.0. The summed E-state index contributed by atoms with van der Waals surface area (Å²) in [6, 6.07) is 0.871. The summed E-state index contributed by atoms with van der Waals surface area (Å²) in [4.78, 5) is 0. The molecule has 100 valence electrons. The second-order valence-corrected chi connectivity index (χ2v) is 6.59. The predicted octanol–water partition coefficient (Wildman–Crippen LogP) is 0.193. The van der Waals surface area contributed by atoms with Crippen LogP contribution in [0, 0.1) is 0 Å². The molecule has 0 heterocycles. The average molecular weight is 268 g/mol. The van der Waals surface area contributed by atoms with Gasteiger partial charge < -0.3 is 18.6 Å². The molecular formula is C10H29NO3Si2. The van der Waals surface area contributed by atoms with E-state index in [1.54, 1.807) is 21.3 Å². The van der Waals surface area contributed by atoms with E-state index in [4.69, 9.17) is 13.3 Å². The van der Waals surface area contributed by atoms with Crippen LogP contribution in [0.15, 0.2) is 0 Å². The van der Waals surface area contributed by atoms with E-state index in [1.807, 2.05) is 0 Å². The van der Waals surface area contributed by atoms with Crippen LogP contribution in [0.25, 0.3) is 0 Å². The number of rotatable bonds is 10. The van der Waals surface area contributed by atoms with Crippen molar-refractivity contribution in [3.05, 3.63) is 0 Å². The van der Waals surface area contributed by atoms with Crippen LogP contribution < -0.4 is 5.32 Å². The molecule has 0 radical (unpaired) electrons. The van der Waals surface area contributed by atoms with E-state index in [0.29, 0.717) is 0 Å². The quantitative estimate of drug-likeness (QED) is 0.453. The summed E-state index contributed by atoms with van der Waals surface area (Å²) in [5, 5.41) is 3.39. The molecule has 1 N–H and O–H groups in total. The third kappa shape index (κ3) is 7.53. The first-order valence-corrected chi connectivity index (χ1v) is 7.54. The van der Waals surface area contributed by atoms with Gasteiger partial charge in [-0.05, 0) is 36.9 Å². The van der Waals surface area contributed by atoms with Gasteiger partial charge in [-0.2, -0.15) is 0 Å². The smallest absolute Gasteiger partial charge is 0.377 e. The third-order valence-corrected chi connectivity index (χ3v) is 5.31. The van der Waals surface area contributed by atoms with Crippen LogP contribution in [0.2, 0.25) is 6.04 Å². The van der Waals surface area contributed by atoms with Crippen molar-refractivity contribution >= 4 is 19.8 Å². The highest BCUT2D eigenvalue weighted by Crippen LogP contribution is 2.14. The molecule has 4 nitrogen and oxygen atoms in total. The molecule has 0 aliphatic heterocycles. The van der Waals surface area contributed by atoms with Gasteiger partial charge in [0, 0.05) is 27.4 Å². The van der Waals surface area contributed by atoms with Crippen molar-refractivity contribution in [2.24, 2.45) is 0 Å². The molecule has 0 aromatic carbocycles. The second-order valence-electron chi connectivity index (χ2n) is 3.50. The number of hydrogen-bond acceptors (Lipinski definition) is 4. The van der Waals surface area contributed by atoms with Gasteiger partial charge in [0.05, 0.1) is 0 Å². The molecule has 0 saturated carbocycles. The second kappa shape index (κ2) is 11.8. The average Bonchev–Trinajstić information content (AvgIpc) is 2.29. The van der Waals surface area contributed by atoms with Gasteiger partial charge in [0.25, 0.3) is 0 Å². The fraction of sp³-hybridized carbons (Fsp3) is 1.00. The van der Waals surface area contributed by atoms with E-state index < -0.39 is 8.80 Å². The Balaban J connectivity index is 0. The number of unbranched alkanes of at least 4 members (excludes halogenated alkanes) is 1. The van der Waals surface area contributed by atoms with Gasteiger partial charge in [-0.25, -0.2) is 0 Å². The summed E-state index contributed by atoms with van der Waals surface area (Å²) in [5.41, 5.74) is 0. The highest BCUT2D eigenvalue weighted by molar-refractivity contribution is 6.60. The molecule has 0 bridgehead atoms.